The number of thiophene rings is 1. The SMILES string of the molecule is O=C(CSc1cccs1)NCC1(CCO)CC1. The number of hydrogen-bond acceptors (Lipinski definition) is 4. The molecule has 0 aliphatic heterocycles. The van der Waals surface area contributed by atoms with Crippen molar-refractivity contribution >= 4 is 29.0 Å². The summed E-state index contributed by atoms with van der Waals surface area (Å²) in [5.41, 5.74) is 0.206. The highest BCUT2D eigenvalue weighted by Gasteiger charge is 2.41. The second-order valence-corrected chi connectivity index (χ2v) is 6.69. The highest BCUT2D eigenvalue weighted by Crippen LogP contribution is 2.47. The molecule has 94 valence electrons. The van der Waals surface area contributed by atoms with E-state index in [-0.39, 0.29) is 17.9 Å². The van der Waals surface area contributed by atoms with Crippen LogP contribution in [0.1, 0.15) is 19.3 Å². The first kappa shape index (κ1) is 12.9. The summed E-state index contributed by atoms with van der Waals surface area (Å²) >= 11 is 3.24. The molecule has 0 aromatic carbocycles. The van der Waals surface area contributed by atoms with Crippen LogP contribution < -0.4 is 5.32 Å². The molecule has 1 heterocycles. The van der Waals surface area contributed by atoms with Gasteiger partial charge in [-0.3, -0.25) is 4.79 Å². The van der Waals surface area contributed by atoms with Crippen LogP contribution in [0.2, 0.25) is 0 Å². The Bertz CT molecular complexity index is 361. The van der Waals surface area contributed by atoms with Crippen LogP contribution in [0.5, 0.6) is 0 Å². The summed E-state index contributed by atoms with van der Waals surface area (Å²) in [6.07, 6.45) is 3.07. The van der Waals surface area contributed by atoms with Crippen LogP contribution in [-0.4, -0.2) is 29.9 Å². The molecule has 2 N–H and O–H groups in total. The first-order valence-corrected chi connectivity index (χ1v) is 7.64. The number of carbonyl (C=O) groups excluding carboxylic acids is 1. The first-order valence-electron chi connectivity index (χ1n) is 5.78. The van der Waals surface area contributed by atoms with Gasteiger partial charge in [-0.15, -0.1) is 23.1 Å². The van der Waals surface area contributed by atoms with Gasteiger partial charge in [-0.05, 0) is 36.1 Å². The van der Waals surface area contributed by atoms with E-state index in [2.05, 4.69) is 5.32 Å². The van der Waals surface area contributed by atoms with Gasteiger partial charge < -0.3 is 10.4 Å². The Balaban J connectivity index is 1.64. The topological polar surface area (TPSA) is 49.3 Å². The summed E-state index contributed by atoms with van der Waals surface area (Å²) in [5, 5.41) is 13.9. The summed E-state index contributed by atoms with van der Waals surface area (Å²) < 4.78 is 1.18. The lowest BCUT2D eigenvalue weighted by Gasteiger charge is -2.14. The highest BCUT2D eigenvalue weighted by atomic mass is 32.2. The van der Waals surface area contributed by atoms with Crippen LogP contribution in [0.4, 0.5) is 0 Å². The van der Waals surface area contributed by atoms with Crippen LogP contribution in [0.15, 0.2) is 21.7 Å². The van der Waals surface area contributed by atoms with Crippen LogP contribution in [0.3, 0.4) is 0 Å². The lowest BCUT2D eigenvalue weighted by atomic mass is 10.0. The molecule has 17 heavy (non-hydrogen) atoms. The van der Waals surface area contributed by atoms with Crippen LogP contribution in [0, 0.1) is 5.41 Å². The third-order valence-electron chi connectivity index (χ3n) is 3.10. The fourth-order valence-corrected chi connectivity index (χ4v) is 3.36. The maximum absolute atomic E-state index is 11.6. The van der Waals surface area contributed by atoms with E-state index >= 15 is 0 Å². The van der Waals surface area contributed by atoms with E-state index in [1.807, 2.05) is 17.5 Å². The molecule has 1 amide bonds. The van der Waals surface area contributed by atoms with Crippen molar-refractivity contribution in [1.82, 2.24) is 5.32 Å². The van der Waals surface area contributed by atoms with E-state index in [0.29, 0.717) is 5.75 Å². The van der Waals surface area contributed by atoms with Crippen molar-refractivity contribution in [3.05, 3.63) is 17.5 Å². The van der Waals surface area contributed by atoms with E-state index in [1.54, 1.807) is 23.1 Å². The number of nitrogens with one attached hydrogen (secondary N) is 1. The van der Waals surface area contributed by atoms with Crippen LogP contribution >= 0.6 is 23.1 Å². The third kappa shape index (κ3) is 4.01. The molecule has 0 atom stereocenters. The van der Waals surface area contributed by atoms with Gasteiger partial charge in [0.1, 0.15) is 0 Å². The number of thioether (sulfide) groups is 1. The minimum absolute atomic E-state index is 0.0904. The maximum atomic E-state index is 11.6. The third-order valence-corrected chi connectivity index (χ3v) is 5.23. The monoisotopic (exact) mass is 271 g/mol. The average molecular weight is 271 g/mol. The summed E-state index contributed by atoms with van der Waals surface area (Å²) in [4.78, 5) is 11.6. The number of carbonyl (C=O) groups is 1. The molecule has 0 bridgehead atoms. The van der Waals surface area contributed by atoms with Gasteiger partial charge in [0, 0.05) is 13.2 Å². The van der Waals surface area contributed by atoms with Crippen molar-refractivity contribution in [2.45, 2.75) is 23.5 Å². The highest BCUT2D eigenvalue weighted by molar-refractivity contribution is 8.01. The lowest BCUT2D eigenvalue weighted by Crippen LogP contribution is -2.31. The molecule has 1 aromatic rings. The van der Waals surface area contributed by atoms with E-state index in [1.165, 1.54) is 4.21 Å². The molecule has 0 saturated heterocycles. The lowest BCUT2D eigenvalue weighted by molar-refractivity contribution is -0.118. The zero-order valence-corrected chi connectivity index (χ0v) is 11.3. The normalized spacial score (nSPS) is 16.8. The Morgan fingerprint density at radius 3 is 3.00 bits per heavy atom. The Labute approximate surface area is 110 Å². The molecular weight excluding hydrogens is 254 g/mol. The largest absolute Gasteiger partial charge is 0.396 e. The molecule has 5 heteroatoms. The first-order chi connectivity index (χ1) is 8.24. The minimum Gasteiger partial charge on any atom is -0.396 e. The molecule has 1 saturated carbocycles. The summed E-state index contributed by atoms with van der Waals surface area (Å²) in [7, 11) is 0. The Hall–Kier alpha value is -0.520. The van der Waals surface area contributed by atoms with Gasteiger partial charge in [-0.25, -0.2) is 0 Å². The number of rotatable bonds is 7. The molecule has 1 aliphatic carbocycles. The second-order valence-electron chi connectivity index (χ2n) is 4.47. The molecule has 0 unspecified atom stereocenters. The Kier molecular flexibility index (Phi) is 4.48. The van der Waals surface area contributed by atoms with Crippen molar-refractivity contribution in [2.75, 3.05) is 18.9 Å². The molecule has 3 nitrogen and oxygen atoms in total. The summed E-state index contributed by atoms with van der Waals surface area (Å²) in [6.45, 7) is 0.942. The van der Waals surface area contributed by atoms with Crippen molar-refractivity contribution < 1.29 is 9.90 Å². The molecule has 0 spiro atoms. The fraction of sp³-hybridized carbons (Fsp3) is 0.583. The predicted octanol–water partition coefficient (Wildman–Crippen LogP) is 2.12. The summed E-state index contributed by atoms with van der Waals surface area (Å²) in [5.74, 6) is 0.572. The second kappa shape index (κ2) is 5.89. The standard InChI is InChI=1S/C12H17NO2S2/c14-6-5-12(3-4-12)9-13-10(15)8-17-11-2-1-7-16-11/h1-2,7,14H,3-6,8-9H2,(H,13,15). The van der Waals surface area contributed by atoms with Crippen molar-refractivity contribution in [3.8, 4) is 0 Å². The van der Waals surface area contributed by atoms with Gasteiger partial charge in [-0.1, -0.05) is 6.07 Å². The Morgan fingerprint density at radius 1 is 1.59 bits per heavy atom. The quantitative estimate of drug-likeness (QED) is 0.747. The fourth-order valence-electron chi connectivity index (χ4n) is 1.75. The number of hydrogen-bond donors (Lipinski definition) is 2. The van der Waals surface area contributed by atoms with Crippen molar-refractivity contribution in [2.24, 2.45) is 5.41 Å². The number of amides is 1. The van der Waals surface area contributed by atoms with Crippen LogP contribution in [-0.2, 0) is 4.79 Å². The van der Waals surface area contributed by atoms with Crippen LogP contribution in [0.25, 0.3) is 0 Å². The predicted molar refractivity (Wildman–Crippen MR) is 71.4 cm³/mol. The number of aliphatic hydroxyl groups excluding tert-OH is 1. The maximum Gasteiger partial charge on any atom is 0.230 e. The molecular formula is C12H17NO2S2. The van der Waals surface area contributed by atoms with Gasteiger partial charge >= 0.3 is 0 Å². The molecule has 1 aromatic heterocycles. The molecule has 1 fully saturated rings. The zero-order valence-electron chi connectivity index (χ0n) is 9.65. The number of aliphatic hydroxyl groups is 1. The Morgan fingerprint density at radius 2 is 2.41 bits per heavy atom. The molecule has 1 aliphatic rings. The average Bonchev–Trinajstić information content (AvgIpc) is 2.90. The van der Waals surface area contributed by atoms with E-state index < -0.39 is 0 Å². The molecule has 2 rings (SSSR count). The van der Waals surface area contributed by atoms with Gasteiger partial charge in [0.25, 0.3) is 0 Å². The summed E-state index contributed by atoms with van der Waals surface area (Å²) in [6, 6.07) is 4.02. The van der Waals surface area contributed by atoms with E-state index in [9.17, 15) is 4.79 Å². The minimum atomic E-state index is 0.0904. The zero-order chi connectivity index (χ0) is 12.1. The van der Waals surface area contributed by atoms with E-state index in [0.717, 1.165) is 25.8 Å². The smallest absolute Gasteiger partial charge is 0.230 e. The van der Waals surface area contributed by atoms with Crippen molar-refractivity contribution in [3.63, 3.8) is 0 Å². The van der Waals surface area contributed by atoms with Crippen molar-refractivity contribution in [1.29, 1.82) is 0 Å². The van der Waals surface area contributed by atoms with Gasteiger partial charge in [0.05, 0.1) is 9.96 Å². The van der Waals surface area contributed by atoms with Gasteiger partial charge in [-0.2, -0.15) is 0 Å². The van der Waals surface area contributed by atoms with Gasteiger partial charge in [0.2, 0.25) is 5.91 Å². The molecule has 0 radical (unpaired) electrons. The van der Waals surface area contributed by atoms with E-state index in [4.69, 9.17) is 5.11 Å². The van der Waals surface area contributed by atoms with Gasteiger partial charge in [0.15, 0.2) is 0 Å².